The quantitative estimate of drug-likeness (QED) is 0.866. The molecule has 1 aromatic rings. The Morgan fingerprint density at radius 1 is 1.30 bits per heavy atom. The topological polar surface area (TPSA) is 42.5 Å². The third kappa shape index (κ3) is 3.07. The van der Waals surface area contributed by atoms with Crippen molar-refractivity contribution in [2.75, 3.05) is 31.6 Å². The Labute approximate surface area is 120 Å². The zero-order valence-electron chi connectivity index (χ0n) is 12.1. The largest absolute Gasteiger partial charge is 0.485 e. The first-order valence-corrected chi connectivity index (χ1v) is 7.68. The summed E-state index contributed by atoms with van der Waals surface area (Å²) < 4.78 is 11.7. The molecule has 3 atom stereocenters. The lowest BCUT2D eigenvalue weighted by Crippen LogP contribution is -2.41. The van der Waals surface area contributed by atoms with Crippen molar-refractivity contribution in [1.82, 2.24) is 5.32 Å². The number of para-hydroxylation sites is 2. The molecule has 3 unspecified atom stereocenters. The lowest BCUT2D eigenvalue weighted by Gasteiger charge is -2.28. The second-order valence-electron chi connectivity index (χ2n) is 5.64. The van der Waals surface area contributed by atoms with Crippen LogP contribution in [-0.4, -0.2) is 38.4 Å². The molecule has 1 saturated heterocycles. The number of ether oxygens (including phenoxy) is 2. The average molecular weight is 276 g/mol. The van der Waals surface area contributed by atoms with Crippen molar-refractivity contribution in [2.45, 2.75) is 32.0 Å². The fourth-order valence-electron chi connectivity index (χ4n) is 3.08. The molecular weight excluding hydrogens is 252 g/mol. The lowest BCUT2D eigenvalue weighted by atomic mass is 10.00. The van der Waals surface area contributed by atoms with Crippen LogP contribution in [0.5, 0.6) is 5.75 Å². The van der Waals surface area contributed by atoms with Gasteiger partial charge in [-0.2, -0.15) is 0 Å². The molecule has 1 aromatic carbocycles. The maximum atomic E-state index is 5.99. The second kappa shape index (κ2) is 6.46. The van der Waals surface area contributed by atoms with Gasteiger partial charge in [0.25, 0.3) is 0 Å². The van der Waals surface area contributed by atoms with Crippen LogP contribution in [0.1, 0.15) is 19.8 Å². The Bertz CT molecular complexity index is 438. The zero-order valence-corrected chi connectivity index (χ0v) is 12.1. The van der Waals surface area contributed by atoms with Gasteiger partial charge >= 0.3 is 0 Å². The van der Waals surface area contributed by atoms with E-state index in [4.69, 9.17) is 9.47 Å². The summed E-state index contributed by atoms with van der Waals surface area (Å²) in [6, 6.07) is 8.11. The molecule has 2 aliphatic rings. The summed E-state index contributed by atoms with van der Waals surface area (Å²) in [6.07, 6.45) is 2.93. The van der Waals surface area contributed by atoms with E-state index in [-0.39, 0.29) is 6.10 Å². The van der Waals surface area contributed by atoms with E-state index in [1.807, 2.05) is 18.2 Å². The van der Waals surface area contributed by atoms with Crippen molar-refractivity contribution in [2.24, 2.45) is 5.92 Å². The Morgan fingerprint density at radius 3 is 3.10 bits per heavy atom. The van der Waals surface area contributed by atoms with Gasteiger partial charge in [-0.1, -0.05) is 19.1 Å². The van der Waals surface area contributed by atoms with Gasteiger partial charge in [0.1, 0.15) is 11.9 Å². The molecular formula is C16H24N2O2. The number of benzene rings is 1. The van der Waals surface area contributed by atoms with Gasteiger partial charge in [0.15, 0.2) is 0 Å². The molecule has 0 radical (unpaired) electrons. The van der Waals surface area contributed by atoms with Crippen LogP contribution in [0.3, 0.4) is 0 Å². The Hall–Kier alpha value is -1.26. The number of fused-ring (bicyclic) bond motifs is 1. The third-order valence-electron chi connectivity index (χ3n) is 4.23. The van der Waals surface area contributed by atoms with E-state index in [9.17, 15) is 0 Å². The highest BCUT2D eigenvalue weighted by Crippen LogP contribution is 2.28. The molecule has 2 aliphatic heterocycles. The Balaban J connectivity index is 1.44. The number of rotatable bonds is 5. The van der Waals surface area contributed by atoms with E-state index in [0.717, 1.165) is 44.1 Å². The highest BCUT2D eigenvalue weighted by molar-refractivity contribution is 5.57. The minimum Gasteiger partial charge on any atom is -0.485 e. The fraction of sp³-hybridized carbons (Fsp3) is 0.625. The molecule has 0 aliphatic carbocycles. The summed E-state index contributed by atoms with van der Waals surface area (Å²) >= 11 is 0. The summed E-state index contributed by atoms with van der Waals surface area (Å²) in [5.41, 5.74) is 1.10. The molecule has 0 amide bonds. The number of nitrogens with one attached hydrogen (secondary N) is 2. The molecule has 2 heterocycles. The molecule has 20 heavy (non-hydrogen) atoms. The molecule has 110 valence electrons. The van der Waals surface area contributed by atoms with Gasteiger partial charge in [-0.3, -0.25) is 0 Å². The van der Waals surface area contributed by atoms with E-state index in [1.165, 1.54) is 6.42 Å². The maximum Gasteiger partial charge on any atom is 0.142 e. The van der Waals surface area contributed by atoms with Crippen molar-refractivity contribution in [1.29, 1.82) is 0 Å². The number of anilines is 1. The predicted octanol–water partition coefficient (Wildman–Crippen LogP) is 2.26. The van der Waals surface area contributed by atoms with Crippen LogP contribution in [0, 0.1) is 5.92 Å². The van der Waals surface area contributed by atoms with Gasteiger partial charge < -0.3 is 20.1 Å². The van der Waals surface area contributed by atoms with Crippen LogP contribution in [0.2, 0.25) is 0 Å². The number of hydrogen-bond acceptors (Lipinski definition) is 4. The van der Waals surface area contributed by atoms with Crippen LogP contribution in [-0.2, 0) is 4.74 Å². The van der Waals surface area contributed by atoms with Crippen molar-refractivity contribution < 1.29 is 9.47 Å². The van der Waals surface area contributed by atoms with E-state index in [0.29, 0.717) is 12.0 Å². The first-order chi connectivity index (χ1) is 9.86. The van der Waals surface area contributed by atoms with Gasteiger partial charge in [-0.05, 0) is 30.9 Å². The first-order valence-electron chi connectivity index (χ1n) is 7.68. The highest BCUT2D eigenvalue weighted by atomic mass is 16.5. The molecule has 3 rings (SSSR count). The second-order valence-corrected chi connectivity index (χ2v) is 5.64. The Morgan fingerprint density at radius 2 is 2.20 bits per heavy atom. The average Bonchev–Trinajstić information content (AvgIpc) is 2.95. The monoisotopic (exact) mass is 276 g/mol. The lowest BCUT2D eigenvalue weighted by molar-refractivity contribution is 0.0863. The fourth-order valence-corrected chi connectivity index (χ4v) is 3.08. The third-order valence-corrected chi connectivity index (χ3v) is 4.23. The van der Waals surface area contributed by atoms with Crippen molar-refractivity contribution in [3.05, 3.63) is 24.3 Å². The van der Waals surface area contributed by atoms with Crippen molar-refractivity contribution in [3.63, 3.8) is 0 Å². The SMILES string of the molecule is CCC1OCCC1CNCC1CNc2ccccc2O1. The van der Waals surface area contributed by atoms with E-state index in [1.54, 1.807) is 0 Å². The summed E-state index contributed by atoms with van der Waals surface area (Å²) in [6.45, 7) is 5.89. The summed E-state index contributed by atoms with van der Waals surface area (Å²) in [4.78, 5) is 0. The standard InChI is InChI=1S/C16H24N2O2/c1-2-15-12(7-8-19-15)9-17-10-13-11-18-14-5-3-4-6-16(14)20-13/h3-6,12-13,15,17-18H,2,7-11H2,1H3. The molecule has 1 fully saturated rings. The molecule has 4 heteroatoms. The van der Waals surface area contributed by atoms with Crippen LogP contribution < -0.4 is 15.4 Å². The van der Waals surface area contributed by atoms with Gasteiger partial charge in [0, 0.05) is 19.7 Å². The normalized spacial score (nSPS) is 28.6. The smallest absolute Gasteiger partial charge is 0.142 e. The molecule has 0 aromatic heterocycles. The summed E-state index contributed by atoms with van der Waals surface area (Å²) in [5.74, 6) is 1.62. The Kier molecular flexibility index (Phi) is 4.43. The number of hydrogen-bond donors (Lipinski definition) is 2. The van der Waals surface area contributed by atoms with Crippen LogP contribution in [0.4, 0.5) is 5.69 Å². The van der Waals surface area contributed by atoms with Gasteiger partial charge in [0.05, 0.1) is 18.3 Å². The van der Waals surface area contributed by atoms with Crippen molar-refractivity contribution in [3.8, 4) is 5.75 Å². The molecule has 0 bridgehead atoms. The minimum atomic E-state index is 0.201. The van der Waals surface area contributed by atoms with E-state index >= 15 is 0 Å². The van der Waals surface area contributed by atoms with Gasteiger partial charge in [-0.25, -0.2) is 0 Å². The molecule has 0 saturated carbocycles. The summed E-state index contributed by atoms with van der Waals surface area (Å²) in [7, 11) is 0. The molecule has 2 N–H and O–H groups in total. The predicted molar refractivity (Wildman–Crippen MR) is 80.4 cm³/mol. The zero-order chi connectivity index (χ0) is 13.8. The highest BCUT2D eigenvalue weighted by Gasteiger charge is 2.26. The van der Waals surface area contributed by atoms with Crippen molar-refractivity contribution >= 4 is 5.69 Å². The molecule has 0 spiro atoms. The van der Waals surface area contributed by atoms with Gasteiger partial charge in [0.2, 0.25) is 0 Å². The molecule has 4 nitrogen and oxygen atoms in total. The van der Waals surface area contributed by atoms with Crippen LogP contribution >= 0.6 is 0 Å². The maximum absolute atomic E-state index is 5.99. The minimum absolute atomic E-state index is 0.201. The van der Waals surface area contributed by atoms with Crippen LogP contribution in [0.15, 0.2) is 24.3 Å². The van der Waals surface area contributed by atoms with Gasteiger partial charge in [-0.15, -0.1) is 0 Å². The van der Waals surface area contributed by atoms with Crippen LogP contribution in [0.25, 0.3) is 0 Å². The first kappa shape index (κ1) is 13.7. The van der Waals surface area contributed by atoms with E-state index in [2.05, 4.69) is 23.6 Å². The van der Waals surface area contributed by atoms with E-state index < -0.39 is 0 Å². The summed E-state index contributed by atoms with van der Waals surface area (Å²) in [5, 5.41) is 6.97.